The van der Waals surface area contributed by atoms with Gasteiger partial charge in [-0.3, -0.25) is 4.79 Å². The summed E-state index contributed by atoms with van der Waals surface area (Å²) in [5.74, 6) is -0.517. The predicted octanol–water partition coefficient (Wildman–Crippen LogP) is 3.92. The van der Waals surface area contributed by atoms with E-state index in [9.17, 15) is 9.18 Å². The number of anilines is 1. The summed E-state index contributed by atoms with van der Waals surface area (Å²) >= 11 is 5.93. The fourth-order valence-corrected chi connectivity index (χ4v) is 1.81. The fourth-order valence-electron chi connectivity index (χ4n) is 1.64. The number of carbonyl (C=O) groups is 1. The maximum atomic E-state index is 12.8. The molecule has 1 N–H and O–H groups in total. The van der Waals surface area contributed by atoms with Gasteiger partial charge in [0.05, 0.1) is 17.9 Å². The summed E-state index contributed by atoms with van der Waals surface area (Å²) in [6.45, 7) is 2.51. The van der Waals surface area contributed by atoms with Crippen LogP contribution in [0, 0.1) is 5.95 Å². The summed E-state index contributed by atoms with van der Waals surface area (Å²) in [5, 5.41) is 3.16. The Labute approximate surface area is 126 Å². The number of aromatic nitrogens is 1. The van der Waals surface area contributed by atoms with E-state index in [4.69, 9.17) is 16.3 Å². The lowest BCUT2D eigenvalue weighted by Gasteiger charge is -2.12. The van der Waals surface area contributed by atoms with Gasteiger partial charge in [0.15, 0.2) is 0 Å². The van der Waals surface area contributed by atoms with Gasteiger partial charge < -0.3 is 10.1 Å². The smallest absolute Gasteiger partial charge is 0.257 e. The molecule has 0 unspecified atom stereocenters. The molecule has 21 heavy (non-hydrogen) atoms. The zero-order chi connectivity index (χ0) is 15.2. The summed E-state index contributed by atoms with van der Waals surface area (Å²) in [6, 6.07) is 7.45. The number of hydrogen-bond acceptors (Lipinski definition) is 3. The summed E-state index contributed by atoms with van der Waals surface area (Å²) < 4.78 is 18.3. The van der Waals surface area contributed by atoms with Gasteiger partial charge in [-0.05, 0) is 36.8 Å². The third kappa shape index (κ3) is 4.16. The molecular formula is C15H14ClFN2O2. The summed E-state index contributed by atoms with van der Waals surface area (Å²) in [5.41, 5.74) is 0.711. The molecule has 2 aromatic rings. The molecule has 0 spiro atoms. The van der Waals surface area contributed by atoms with Crippen molar-refractivity contribution < 1.29 is 13.9 Å². The van der Waals surface area contributed by atoms with E-state index >= 15 is 0 Å². The third-order valence-corrected chi connectivity index (χ3v) is 2.88. The van der Waals surface area contributed by atoms with Crippen molar-refractivity contribution in [3.63, 3.8) is 0 Å². The van der Waals surface area contributed by atoms with Gasteiger partial charge in [0, 0.05) is 11.2 Å². The minimum Gasteiger partial charge on any atom is -0.491 e. The highest BCUT2D eigenvalue weighted by molar-refractivity contribution is 6.31. The predicted molar refractivity (Wildman–Crippen MR) is 79.4 cm³/mol. The number of hydrogen-bond donors (Lipinski definition) is 1. The van der Waals surface area contributed by atoms with Crippen LogP contribution in [-0.4, -0.2) is 17.5 Å². The second-order valence-corrected chi connectivity index (χ2v) is 4.75. The first-order chi connectivity index (χ1) is 10.1. The highest BCUT2D eigenvalue weighted by atomic mass is 35.5. The van der Waals surface area contributed by atoms with Crippen molar-refractivity contribution in [3.05, 3.63) is 53.1 Å². The Kier molecular flexibility index (Phi) is 5.11. The van der Waals surface area contributed by atoms with E-state index in [2.05, 4.69) is 10.3 Å². The van der Waals surface area contributed by atoms with Crippen LogP contribution in [0.15, 0.2) is 36.5 Å². The van der Waals surface area contributed by atoms with Crippen molar-refractivity contribution in [3.8, 4) is 5.75 Å². The van der Waals surface area contributed by atoms with E-state index < -0.39 is 11.9 Å². The SMILES string of the molecule is CCCOc1ccc(Cl)cc1NC(=O)c1ccc(F)nc1. The second kappa shape index (κ2) is 7.04. The van der Waals surface area contributed by atoms with Crippen molar-refractivity contribution >= 4 is 23.2 Å². The van der Waals surface area contributed by atoms with Gasteiger partial charge in [-0.25, -0.2) is 4.98 Å². The second-order valence-electron chi connectivity index (χ2n) is 4.31. The number of carbonyl (C=O) groups excluding carboxylic acids is 1. The number of rotatable bonds is 5. The summed E-state index contributed by atoms with van der Waals surface area (Å²) in [7, 11) is 0. The number of nitrogens with zero attached hydrogens (tertiary/aromatic N) is 1. The molecule has 0 saturated carbocycles. The zero-order valence-electron chi connectivity index (χ0n) is 11.4. The van der Waals surface area contributed by atoms with Crippen LogP contribution in [0.3, 0.4) is 0 Å². The molecule has 0 aliphatic carbocycles. The van der Waals surface area contributed by atoms with Crippen LogP contribution in [0.2, 0.25) is 5.02 Å². The van der Waals surface area contributed by atoms with Crippen molar-refractivity contribution in [1.82, 2.24) is 4.98 Å². The molecule has 2 rings (SSSR count). The molecule has 0 aliphatic rings. The minimum atomic E-state index is -0.638. The Hall–Kier alpha value is -2.14. The maximum Gasteiger partial charge on any atom is 0.257 e. The highest BCUT2D eigenvalue weighted by Gasteiger charge is 2.11. The fraction of sp³-hybridized carbons (Fsp3) is 0.200. The number of amides is 1. The molecular weight excluding hydrogens is 295 g/mol. The highest BCUT2D eigenvalue weighted by Crippen LogP contribution is 2.28. The monoisotopic (exact) mass is 308 g/mol. The Morgan fingerprint density at radius 1 is 1.38 bits per heavy atom. The Morgan fingerprint density at radius 3 is 2.86 bits per heavy atom. The van der Waals surface area contributed by atoms with Gasteiger partial charge in [-0.15, -0.1) is 0 Å². The molecule has 1 amide bonds. The normalized spacial score (nSPS) is 10.2. The Morgan fingerprint density at radius 2 is 2.19 bits per heavy atom. The number of halogens is 2. The largest absolute Gasteiger partial charge is 0.491 e. The minimum absolute atomic E-state index is 0.248. The average Bonchev–Trinajstić information content (AvgIpc) is 2.47. The summed E-state index contributed by atoms with van der Waals surface area (Å²) in [4.78, 5) is 15.5. The van der Waals surface area contributed by atoms with Crippen LogP contribution in [0.5, 0.6) is 5.75 Å². The van der Waals surface area contributed by atoms with Crippen LogP contribution >= 0.6 is 11.6 Å². The van der Waals surface area contributed by atoms with Gasteiger partial charge in [-0.2, -0.15) is 4.39 Å². The van der Waals surface area contributed by atoms with Gasteiger partial charge in [0.1, 0.15) is 5.75 Å². The van der Waals surface area contributed by atoms with Gasteiger partial charge in [0.25, 0.3) is 5.91 Å². The number of nitrogens with one attached hydrogen (secondary N) is 1. The van der Waals surface area contributed by atoms with E-state index in [0.717, 1.165) is 12.5 Å². The quantitative estimate of drug-likeness (QED) is 0.852. The van der Waals surface area contributed by atoms with Crippen LogP contribution in [0.25, 0.3) is 0 Å². The zero-order valence-corrected chi connectivity index (χ0v) is 12.2. The first-order valence-electron chi connectivity index (χ1n) is 6.45. The maximum absolute atomic E-state index is 12.8. The Balaban J connectivity index is 2.19. The van der Waals surface area contributed by atoms with Gasteiger partial charge in [0.2, 0.25) is 5.95 Å². The molecule has 0 aliphatic heterocycles. The molecule has 1 aromatic heterocycles. The van der Waals surface area contributed by atoms with Crippen LogP contribution in [0.4, 0.5) is 10.1 Å². The molecule has 0 fully saturated rings. The lowest BCUT2D eigenvalue weighted by molar-refractivity contribution is 0.102. The first kappa shape index (κ1) is 15.3. The van der Waals surface area contributed by atoms with E-state index in [1.807, 2.05) is 6.92 Å². The van der Waals surface area contributed by atoms with Crippen LogP contribution in [0.1, 0.15) is 23.7 Å². The Bertz CT molecular complexity index is 632. The molecule has 6 heteroatoms. The third-order valence-electron chi connectivity index (χ3n) is 2.64. The van der Waals surface area contributed by atoms with E-state index in [1.165, 1.54) is 12.3 Å². The molecule has 110 valence electrons. The van der Waals surface area contributed by atoms with Crippen LogP contribution in [-0.2, 0) is 0 Å². The molecule has 1 aromatic carbocycles. The molecule has 0 atom stereocenters. The van der Waals surface area contributed by atoms with Gasteiger partial charge >= 0.3 is 0 Å². The molecule has 0 saturated heterocycles. The standard InChI is InChI=1S/C15H14ClFN2O2/c1-2-7-21-13-5-4-11(16)8-12(13)19-15(20)10-3-6-14(17)18-9-10/h3-6,8-9H,2,7H2,1H3,(H,19,20). The van der Waals surface area contributed by atoms with Crippen molar-refractivity contribution in [2.24, 2.45) is 0 Å². The number of pyridine rings is 1. The van der Waals surface area contributed by atoms with Gasteiger partial charge in [-0.1, -0.05) is 18.5 Å². The number of ether oxygens (including phenoxy) is 1. The van der Waals surface area contributed by atoms with E-state index in [-0.39, 0.29) is 5.56 Å². The molecule has 0 bridgehead atoms. The van der Waals surface area contributed by atoms with E-state index in [0.29, 0.717) is 23.1 Å². The summed E-state index contributed by atoms with van der Waals surface area (Å²) in [6.07, 6.45) is 2.01. The van der Waals surface area contributed by atoms with E-state index in [1.54, 1.807) is 18.2 Å². The average molecular weight is 309 g/mol. The lowest BCUT2D eigenvalue weighted by Crippen LogP contribution is -2.13. The molecule has 4 nitrogen and oxygen atoms in total. The van der Waals surface area contributed by atoms with Crippen molar-refractivity contribution in [1.29, 1.82) is 0 Å². The lowest BCUT2D eigenvalue weighted by atomic mass is 10.2. The van der Waals surface area contributed by atoms with Crippen molar-refractivity contribution in [2.45, 2.75) is 13.3 Å². The number of benzene rings is 1. The topological polar surface area (TPSA) is 51.2 Å². The first-order valence-corrected chi connectivity index (χ1v) is 6.83. The molecule has 1 heterocycles. The van der Waals surface area contributed by atoms with Crippen LogP contribution < -0.4 is 10.1 Å². The molecule has 0 radical (unpaired) electrons. The van der Waals surface area contributed by atoms with Crippen molar-refractivity contribution in [2.75, 3.05) is 11.9 Å².